The minimum absolute atomic E-state index is 0. The molecule has 1 aliphatic rings. The molecule has 0 bridgehead atoms. The quantitative estimate of drug-likeness (QED) is 0.856. The fourth-order valence-corrected chi connectivity index (χ4v) is 4.36. The van der Waals surface area contributed by atoms with E-state index in [9.17, 15) is 13.2 Å². The lowest BCUT2D eigenvalue weighted by molar-refractivity contribution is -0.114. The summed E-state index contributed by atoms with van der Waals surface area (Å²) in [4.78, 5) is 11.6. The number of nitrogens with zero attached hydrogens (tertiary/aromatic N) is 1. The van der Waals surface area contributed by atoms with Crippen LogP contribution in [-0.4, -0.2) is 38.3 Å². The van der Waals surface area contributed by atoms with Gasteiger partial charge in [-0.1, -0.05) is 18.9 Å². The van der Waals surface area contributed by atoms with Gasteiger partial charge < -0.3 is 11.1 Å². The number of halogens is 1. The molecule has 1 aromatic carbocycles. The van der Waals surface area contributed by atoms with Gasteiger partial charge in [0.1, 0.15) is 0 Å². The molecule has 0 atom stereocenters. The largest absolute Gasteiger partial charge is 0.325 e. The van der Waals surface area contributed by atoms with Crippen LogP contribution in [0.5, 0.6) is 0 Å². The van der Waals surface area contributed by atoms with Gasteiger partial charge in [-0.2, -0.15) is 4.31 Å². The Balaban J connectivity index is 0.00000264. The number of sulfonamides is 1. The maximum atomic E-state index is 12.9. The fourth-order valence-electron chi connectivity index (χ4n) is 2.59. The zero-order valence-electron chi connectivity index (χ0n) is 13.2. The zero-order chi connectivity index (χ0) is 16.2. The average molecular weight is 362 g/mol. The Labute approximate surface area is 143 Å². The lowest BCUT2D eigenvalue weighted by Crippen LogP contribution is -2.32. The highest BCUT2D eigenvalue weighted by Crippen LogP contribution is 2.25. The minimum Gasteiger partial charge on any atom is -0.325 e. The van der Waals surface area contributed by atoms with E-state index in [1.165, 1.54) is 6.07 Å². The summed E-state index contributed by atoms with van der Waals surface area (Å²) in [6.45, 7) is 2.74. The van der Waals surface area contributed by atoms with Gasteiger partial charge in [-0.15, -0.1) is 12.4 Å². The number of benzene rings is 1. The van der Waals surface area contributed by atoms with E-state index >= 15 is 0 Å². The molecule has 0 spiro atoms. The van der Waals surface area contributed by atoms with Gasteiger partial charge in [-0.3, -0.25) is 4.79 Å². The molecule has 1 heterocycles. The van der Waals surface area contributed by atoms with Crippen molar-refractivity contribution in [2.75, 3.05) is 25.0 Å². The standard InChI is InChI=1S/C15H23N3O3S.ClH/c1-12-6-7-13(17-15(19)11-16)10-14(12)22(20,21)18-8-4-2-3-5-9-18;/h6-7,10H,2-5,8-9,11,16H2,1H3,(H,17,19);1H. The normalized spacial score (nSPS) is 16.3. The molecule has 23 heavy (non-hydrogen) atoms. The van der Waals surface area contributed by atoms with Crippen molar-refractivity contribution in [2.45, 2.75) is 37.5 Å². The highest BCUT2D eigenvalue weighted by atomic mass is 35.5. The van der Waals surface area contributed by atoms with E-state index in [0.29, 0.717) is 24.3 Å². The number of aryl methyl sites for hydroxylation is 1. The van der Waals surface area contributed by atoms with Crippen molar-refractivity contribution in [1.29, 1.82) is 0 Å². The number of nitrogens with one attached hydrogen (secondary N) is 1. The second kappa shape index (κ2) is 8.63. The molecule has 0 saturated carbocycles. The van der Waals surface area contributed by atoms with E-state index in [0.717, 1.165) is 25.7 Å². The van der Waals surface area contributed by atoms with E-state index in [4.69, 9.17) is 5.73 Å². The topological polar surface area (TPSA) is 92.5 Å². The van der Waals surface area contributed by atoms with Crippen molar-refractivity contribution in [1.82, 2.24) is 4.31 Å². The Morgan fingerprint density at radius 1 is 1.22 bits per heavy atom. The fraction of sp³-hybridized carbons (Fsp3) is 0.533. The number of carbonyl (C=O) groups excluding carboxylic acids is 1. The molecule has 8 heteroatoms. The third kappa shape index (κ3) is 4.91. The maximum absolute atomic E-state index is 12.9. The Bertz CT molecular complexity index is 641. The number of amides is 1. The lowest BCUT2D eigenvalue weighted by atomic mass is 10.2. The molecule has 0 aliphatic carbocycles. The summed E-state index contributed by atoms with van der Waals surface area (Å²) < 4.78 is 27.3. The first kappa shape index (κ1) is 19.9. The Hall–Kier alpha value is -1.15. The van der Waals surface area contributed by atoms with Crippen LogP contribution in [0.25, 0.3) is 0 Å². The minimum atomic E-state index is -3.53. The first-order valence-electron chi connectivity index (χ1n) is 7.56. The van der Waals surface area contributed by atoms with Gasteiger partial charge in [0.2, 0.25) is 15.9 Å². The molecule has 1 amide bonds. The molecule has 1 fully saturated rings. The molecular formula is C15H24ClN3O3S. The number of nitrogens with two attached hydrogens (primary N) is 1. The molecular weight excluding hydrogens is 338 g/mol. The summed E-state index contributed by atoms with van der Waals surface area (Å²) in [5.74, 6) is -0.345. The zero-order valence-corrected chi connectivity index (χ0v) is 14.9. The highest BCUT2D eigenvalue weighted by molar-refractivity contribution is 7.89. The third-order valence-corrected chi connectivity index (χ3v) is 5.88. The van der Waals surface area contributed by atoms with E-state index in [2.05, 4.69) is 5.32 Å². The first-order valence-corrected chi connectivity index (χ1v) is 9.00. The summed E-state index contributed by atoms with van der Waals surface area (Å²) in [6.07, 6.45) is 3.92. The second-order valence-corrected chi connectivity index (χ2v) is 7.46. The van der Waals surface area contributed by atoms with Crippen LogP contribution in [0.15, 0.2) is 23.1 Å². The molecule has 0 aromatic heterocycles. The van der Waals surface area contributed by atoms with Crippen LogP contribution in [0.1, 0.15) is 31.2 Å². The molecule has 130 valence electrons. The molecule has 1 aromatic rings. The van der Waals surface area contributed by atoms with Gasteiger partial charge in [-0.25, -0.2) is 8.42 Å². The number of carbonyl (C=O) groups is 1. The highest BCUT2D eigenvalue weighted by Gasteiger charge is 2.26. The van der Waals surface area contributed by atoms with Gasteiger partial charge >= 0.3 is 0 Å². The summed E-state index contributed by atoms with van der Waals surface area (Å²) in [5, 5.41) is 2.60. The predicted octanol–water partition coefficient (Wildman–Crippen LogP) is 1.88. The van der Waals surface area contributed by atoms with Crippen LogP contribution in [0.3, 0.4) is 0 Å². The monoisotopic (exact) mass is 361 g/mol. The number of hydrogen-bond donors (Lipinski definition) is 2. The summed E-state index contributed by atoms with van der Waals surface area (Å²) in [6, 6.07) is 4.91. The SMILES string of the molecule is Cc1ccc(NC(=O)CN)cc1S(=O)(=O)N1CCCCCC1.Cl. The van der Waals surface area contributed by atoms with E-state index in [1.54, 1.807) is 23.4 Å². The van der Waals surface area contributed by atoms with Crippen LogP contribution >= 0.6 is 12.4 Å². The lowest BCUT2D eigenvalue weighted by Gasteiger charge is -2.21. The number of anilines is 1. The molecule has 3 N–H and O–H groups in total. The van der Waals surface area contributed by atoms with Crippen LogP contribution < -0.4 is 11.1 Å². The van der Waals surface area contributed by atoms with Crippen LogP contribution in [-0.2, 0) is 14.8 Å². The smallest absolute Gasteiger partial charge is 0.243 e. The average Bonchev–Trinajstić information content (AvgIpc) is 2.78. The van der Waals surface area contributed by atoms with E-state index < -0.39 is 10.0 Å². The number of hydrogen-bond acceptors (Lipinski definition) is 4. The van der Waals surface area contributed by atoms with Crippen molar-refractivity contribution < 1.29 is 13.2 Å². The third-order valence-electron chi connectivity index (χ3n) is 3.84. The van der Waals surface area contributed by atoms with Crippen LogP contribution in [0.2, 0.25) is 0 Å². The van der Waals surface area contributed by atoms with Crippen LogP contribution in [0, 0.1) is 6.92 Å². The molecule has 1 aliphatic heterocycles. The summed E-state index contributed by atoms with van der Waals surface area (Å²) >= 11 is 0. The first-order chi connectivity index (χ1) is 10.4. The molecule has 2 rings (SSSR count). The Morgan fingerprint density at radius 3 is 2.39 bits per heavy atom. The maximum Gasteiger partial charge on any atom is 0.243 e. The van der Waals surface area contributed by atoms with E-state index in [1.807, 2.05) is 0 Å². The van der Waals surface area contributed by atoms with Gasteiger partial charge in [0, 0.05) is 18.8 Å². The Morgan fingerprint density at radius 2 is 1.83 bits per heavy atom. The molecule has 0 radical (unpaired) electrons. The summed E-state index contributed by atoms with van der Waals surface area (Å²) in [7, 11) is -3.53. The van der Waals surface area contributed by atoms with Gasteiger partial charge in [-0.05, 0) is 37.5 Å². The molecule has 0 unspecified atom stereocenters. The second-order valence-electron chi connectivity index (χ2n) is 5.55. The van der Waals surface area contributed by atoms with Gasteiger partial charge in [0.15, 0.2) is 0 Å². The van der Waals surface area contributed by atoms with Gasteiger partial charge in [0.25, 0.3) is 0 Å². The predicted molar refractivity (Wildman–Crippen MR) is 93.3 cm³/mol. The Kier molecular flexibility index (Phi) is 7.47. The van der Waals surface area contributed by atoms with Crippen LogP contribution in [0.4, 0.5) is 5.69 Å². The van der Waals surface area contributed by atoms with Crippen molar-refractivity contribution in [3.8, 4) is 0 Å². The summed E-state index contributed by atoms with van der Waals surface area (Å²) in [5.41, 5.74) is 6.40. The molecule has 1 saturated heterocycles. The van der Waals surface area contributed by atoms with Crippen molar-refractivity contribution in [3.05, 3.63) is 23.8 Å². The van der Waals surface area contributed by atoms with Crippen molar-refractivity contribution in [2.24, 2.45) is 5.73 Å². The van der Waals surface area contributed by atoms with E-state index in [-0.39, 0.29) is 29.8 Å². The van der Waals surface area contributed by atoms with Crippen molar-refractivity contribution >= 4 is 34.0 Å². The molecule has 6 nitrogen and oxygen atoms in total. The van der Waals surface area contributed by atoms with Gasteiger partial charge in [0.05, 0.1) is 11.4 Å². The number of rotatable bonds is 4. The van der Waals surface area contributed by atoms with Crippen molar-refractivity contribution in [3.63, 3.8) is 0 Å².